The zero-order valence-electron chi connectivity index (χ0n) is 15.5. The Bertz CT molecular complexity index is 1140. The molecule has 146 valence electrons. The van der Waals surface area contributed by atoms with Crippen LogP contribution in [-0.2, 0) is 6.54 Å². The Morgan fingerprint density at radius 3 is 2.83 bits per heavy atom. The van der Waals surface area contributed by atoms with Crippen molar-refractivity contribution in [3.8, 4) is 17.4 Å². The van der Waals surface area contributed by atoms with Crippen molar-refractivity contribution in [2.24, 2.45) is 4.40 Å². The Morgan fingerprint density at radius 1 is 1.14 bits per heavy atom. The third-order valence-electron chi connectivity index (χ3n) is 4.51. The van der Waals surface area contributed by atoms with Gasteiger partial charge in [-0.15, -0.1) is 0 Å². The molecule has 8 heteroatoms. The fourth-order valence-corrected chi connectivity index (χ4v) is 4.67. The molecule has 6 nitrogen and oxygen atoms in total. The van der Waals surface area contributed by atoms with Crippen LogP contribution in [0.25, 0.3) is 0 Å². The average Bonchev–Trinajstić information content (AvgIpc) is 3.19. The Morgan fingerprint density at radius 2 is 2.00 bits per heavy atom. The summed E-state index contributed by atoms with van der Waals surface area (Å²) in [6.45, 7) is 2.57. The molecule has 1 N–H and O–H groups in total. The van der Waals surface area contributed by atoms with Gasteiger partial charge in [0.2, 0.25) is 5.96 Å². The molecule has 0 aliphatic carbocycles. The van der Waals surface area contributed by atoms with Crippen molar-refractivity contribution in [1.82, 2.24) is 10.0 Å². The zero-order valence-corrected chi connectivity index (χ0v) is 17.1. The Hall–Kier alpha value is -3.03. The molecule has 1 unspecified atom stereocenters. The van der Waals surface area contributed by atoms with Crippen molar-refractivity contribution in [3.63, 3.8) is 0 Å². The van der Waals surface area contributed by atoms with Gasteiger partial charge in [0.1, 0.15) is 5.75 Å². The number of rotatable bonds is 2. The van der Waals surface area contributed by atoms with Gasteiger partial charge in [-0.05, 0) is 53.3 Å². The number of hydroxylamine groups is 2. The summed E-state index contributed by atoms with van der Waals surface area (Å²) < 4.78 is 11.0. The van der Waals surface area contributed by atoms with Crippen LogP contribution in [0.2, 0.25) is 5.02 Å². The van der Waals surface area contributed by atoms with Gasteiger partial charge >= 0.3 is 0 Å². The highest BCUT2D eigenvalue weighted by Gasteiger charge is 2.29. The molecule has 5 rings (SSSR count). The summed E-state index contributed by atoms with van der Waals surface area (Å²) in [6.07, 6.45) is 1.72. The number of halogens is 1. The molecule has 0 radical (unpaired) electrons. The maximum Gasteiger partial charge on any atom is 0.251 e. The van der Waals surface area contributed by atoms with Crippen LogP contribution in [0.3, 0.4) is 0 Å². The zero-order chi connectivity index (χ0) is 19.8. The SMILES string of the molecule is C/C=S1\N=C(N2Cc3cccnc3O2)Nc2c(Oc3ccccc3Cl)cccc21. The standard InChI is InChI=1S/C21H17ClN4O2S/c1-2-29-18-11-5-10-17(27-16-9-4-3-8-15(16)22)19(18)24-21(25-29)26-13-14-7-6-12-23-20(14)28-26/h2-12H,13H2,1H3,(H,24,25). The minimum Gasteiger partial charge on any atom is -0.454 e. The van der Waals surface area contributed by atoms with E-state index in [1.165, 1.54) is 0 Å². The van der Waals surface area contributed by atoms with E-state index >= 15 is 0 Å². The normalized spacial score (nSPS) is 17.1. The monoisotopic (exact) mass is 424 g/mol. The highest BCUT2D eigenvalue weighted by molar-refractivity contribution is 8.14. The fourth-order valence-electron chi connectivity index (χ4n) is 3.14. The molecular weight excluding hydrogens is 408 g/mol. The molecule has 0 bridgehead atoms. The number of hydrogen-bond acceptors (Lipinski definition) is 6. The molecule has 1 atom stereocenters. The number of fused-ring (bicyclic) bond motifs is 2. The summed E-state index contributed by atoms with van der Waals surface area (Å²) in [5, 5.41) is 7.73. The summed E-state index contributed by atoms with van der Waals surface area (Å²) in [5.74, 6) is 2.50. The minimum absolute atomic E-state index is 0.446. The number of hydrogen-bond donors (Lipinski definition) is 1. The lowest BCUT2D eigenvalue weighted by molar-refractivity contribution is 0.0347. The molecule has 29 heavy (non-hydrogen) atoms. The average molecular weight is 425 g/mol. The van der Waals surface area contributed by atoms with Crippen LogP contribution in [0.1, 0.15) is 12.5 Å². The molecule has 0 fully saturated rings. The summed E-state index contributed by atoms with van der Waals surface area (Å²) in [7, 11) is -0.446. The van der Waals surface area contributed by atoms with Gasteiger partial charge < -0.3 is 14.9 Å². The van der Waals surface area contributed by atoms with Crippen molar-refractivity contribution in [1.29, 1.82) is 0 Å². The molecule has 3 aromatic rings. The molecule has 2 aliphatic rings. The Kier molecular flexibility index (Phi) is 4.61. The number of anilines is 1. The predicted octanol–water partition coefficient (Wildman–Crippen LogP) is 5.48. The van der Waals surface area contributed by atoms with Crippen LogP contribution in [0.15, 0.2) is 70.1 Å². The molecule has 3 heterocycles. The second-order valence-electron chi connectivity index (χ2n) is 6.35. The van der Waals surface area contributed by atoms with E-state index in [-0.39, 0.29) is 0 Å². The van der Waals surface area contributed by atoms with Crippen molar-refractivity contribution >= 4 is 39.3 Å². The van der Waals surface area contributed by atoms with E-state index in [0.717, 1.165) is 16.1 Å². The number of aromatic nitrogens is 1. The Balaban J connectivity index is 1.50. The first kappa shape index (κ1) is 18.0. The fraction of sp³-hybridized carbons (Fsp3) is 0.0952. The van der Waals surface area contributed by atoms with Crippen molar-refractivity contribution < 1.29 is 9.57 Å². The number of benzene rings is 2. The second-order valence-corrected chi connectivity index (χ2v) is 8.48. The van der Waals surface area contributed by atoms with Crippen LogP contribution in [0, 0.1) is 0 Å². The van der Waals surface area contributed by atoms with Crippen LogP contribution < -0.4 is 14.9 Å². The molecular formula is C21H17ClN4O2S. The number of ether oxygens (including phenoxy) is 1. The number of nitrogens with one attached hydrogen (secondary N) is 1. The van der Waals surface area contributed by atoms with Crippen molar-refractivity contribution in [2.45, 2.75) is 18.4 Å². The minimum atomic E-state index is -0.446. The number of nitrogens with zero attached hydrogens (tertiary/aromatic N) is 3. The summed E-state index contributed by atoms with van der Waals surface area (Å²) >= 11 is 6.29. The van der Waals surface area contributed by atoms with E-state index in [0.29, 0.717) is 34.9 Å². The number of guanidine groups is 1. The van der Waals surface area contributed by atoms with Gasteiger partial charge in [0, 0.05) is 11.8 Å². The second kappa shape index (κ2) is 7.42. The molecule has 0 amide bonds. The predicted molar refractivity (Wildman–Crippen MR) is 117 cm³/mol. The topological polar surface area (TPSA) is 59.0 Å². The van der Waals surface area contributed by atoms with Gasteiger partial charge in [0.05, 0.1) is 22.2 Å². The molecule has 2 aliphatic heterocycles. The van der Waals surface area contributed by atoms with Gasteiger partial charge in [-0.25, -0.2) is 4.98 Å². The summed E-state index contributed by atoms with van der Waals surface area (Å²) in [4.78, 5) is 11.2. The summed E-state index contributed by atoms with van der Waals surface area (Å²) in [5.41, 5.74) is 1.87. The maximum absolute atomic E-state index is 6.29. The van der Waals surface area contributed by atoms with Gasteiger partial charge in [-0.1, -0.05) is 35.9 Å². The lowest BCUT2D eigenvalue weighted by atomic mass is 10.2. The molecule has 1 aromatic heterocycles. The van der Waals surface area contributed by atoms with Crippen LogP contribution >= 0.6 is 22.3 Å². The van der Waals surface area contributed by atoms with Crippen LogP contribution in [0.4, 0.5) is 5.69 Å². The smallest absolute Gasteiger partial charge is 0.251 e. The first-order valence-electron chi connectivity index (χ1n) is 9.06. The lowest BCUT2D eigenvalue weighted by Gasteiger charge is -2.27. The molecule has 0 saturated heterocycles. The van der Waals surface area contributed by atoms with E-state index in [1.54, 1.807) is 17.3 Å². The highest BCUT2D eigenvalue weighted by Crippen LogP contribution is 2.45. The van der Waals surface area contributed by atoms with Crippen LogP contribution in [0.5, 0.6) is 17.4 Å². The van der Waals surface area contributed by atoms with E-state index in [1.807, 2.05) is 55.5 Å². The number of para-hydroxylation sites is 2. The van der Waals surface area contributed by atoms with Gasteiger partial charge in [-0.3, -0.25) is 0 Å². The van der Waals surface area contributed by atoms with Crippen molar-refractivity contribution in [3.05, 3.63) is 71.4 Å². The van der Waals surface area contributed by atoms with Crippen LogP contribution in [-0.4, -0.2) is 21.4 Å². The van der Waals surface area contributed by atoms with Gasteiger partial charge in [-0.2, -0.15) is 9.46 Å². The van der Waals surface area contributed by atoms with E-state index in [9.17, 15) is 0 Å². The van der Waals surface area contributed by atoms with Crippen molar-refractivity contribution in [2.75, 3.05) is 5.32 Å². The maximum atomic E-state index is 6.29. The molecule has 2 aromatic carbocycles. The van der Waals surface area contributed by atoms with E-state index < -0.39 is 10.7 Å². The quantitative estimate of drug-likeness (QED) is 0.552. The highest BCUT2D eigenvalue weighted by atomic mass is 35.5. The molecule has 0 saturated carbocycles. The lowest BCUT2D eigenvalue weighted by Crippen LogP contribution is -2.36. The van der Waals surface area contributed by atoms with E-state index in [2.05, 4.69) is 15.7 Å². The van der Waals surface area contributed by atoms with E-state index in [4.69, 9.17) is 25.6 Å². The van der Waals surface area contributed by atoms with Gasteiger partial charge in [0.25, 0.3) is 5.88 Å². The summed E-state index contributed by atoms with van der Waals surface area (Å²) in [6, 6.07) is 17.2. The first-order chi connectivity index (χ1) is 14.2. The third kappa shape index (κ3) is 3.32. The van der Waals surface area contributed by atoms with Gasteiger partial charge in [0.15, 0.2) is 5.75 Å². The third-order valence-corrected chi connectivity index (χ3v) is 6.43. The number of pyridine rings is 1. The molecule has 0 spiro atoms. The Labute approximate surface area is 175 Å². The largest absolute Gasteiger partial charge is 0.454 e. The first-order valence-corrected chi connectivity index (χ1v) is 10.7.